The largest absolute Gasteiger partial charge is 0.355 e. The van der Waals surface area contributed by atoms with E-state index in [1.807, 2.05) is 30.3 Å². The smallest absolute Gasteiger partial charge is 0.325 e. The van der Waals surface area contributed by atoms with Gasteiger partial charge in [-0.15, -0.1) is 11.3 Å². The van der Waals surface area contributed by atoms with Crippen LogP contribution in [0.1, 0.15) is 11.3 Å². The Hall–Kier alpha value is -2.90. The van der Waals surface area contributed by atoms with E-state index in [-0.39, 0.29) is 12.3 Å². The summed E-state index contributed by atoms with van der Waals surface area (Å²) in [5, 5.41) is 11.0. The fourth-order valence-electron chi connectivity index (χ4n) is 2.46. The van der Waals surface area contributed by atoms with Gasteiger partial charge in [0.1, 0.15) is 0 Å². The van der Waals surface area contributed by atoms with Crippen LogP contribution in [0.4, 0.5) is 15.6 Å². The summed E-state index contributed by atoms with van der Waals surface area (Å²) in [5.41, 5.74) is 2.41. The molecule has 0 fully saturated rings. The monoisotopic (exact) mass is 414 g/mol. The quantitative estimate of drug-likeness (QED) is 0.537. The van der Waals surface area contributed by atoms with Gasteiger partial charge in [0.2, 0.25) is 5.91 Å². The second kappa shape index (κ2) is 9.87. The molecule has 0 aliphatic carbocycles. The number of carbonyl (C=O) groups is 2. The standard InChI is InChI=1S/C20H19ClN4O2S/c21-15-6-8-16(9-7-15)23-19(27)25-20-24-17(13-28-20)12-18(26)22-11-10-14-4-2-1-3-5-14/h1-9,13H,10-12H2,(H,22,26)(H2,23,24,25,27). The highest BCUT2D eigenvalue weighted by Gasteiger charge is 2.10. The maximum Gasteiger partial charge on any atom is 0.325 e. The van der Waals surface area contributed by atoms with Gasteiger partial charge in [-0.25, -0.2) is 9.78 Å². The topological polar surface area (TPSA) is 83.1 Å². The number of benzene rings is 2. The van der Waals surface area contributed by atoms with E-state index in [9.17, 15) is 9.59 Å². The second-order valence-electron chi connectivity index (χ2n) is 5.99. The first-order valence-electron chi connectivity index (χ1n) is 8.67. The highest BCUT2D eigenvalue weighted by atomic mass is 35.5. The molecular formula is C20H19ClN4O2S. The van der Waals surface area contributed by atoms with Crippen molar-refractivity contribution in [3.63, 3.8) is 0 Å². The number of amides is 3. The summed E-state index contributed by atoms with van der Waals surface area (Å²) in [7, 11) is 0. The number of hydrogen-bond acceptors (Lipinski definition) is 4. The molecule has 1 aromatic heterocycles. The van der Waals surface area contributed by atoms with Crippen molar-refractivity contribution in [3.05, 3.63) is 76.3 Å². The highest BCUT2D eigenvalue weighted by molar-refractivity contribution is 7.14. The van der Waals surface area contributed by atoms with Crippen molar-refractivity contribution in [1.29, 1.82) is 0 Å². The van der Waals surface area contributed by atoms with Crippen molar-refractivity contribution in [2.45, 2.75) is 12.8 Å². The number of anilines is 2. The number of aromatic nitrogens is 1. The van der Waals surface area contributed by atoms with Crippen molar-refractivity contribution in [3.8, 4) is 0 Å². The molecule has 1 heterocycles. The number of rotatable bonds is 7. The summed E-state index contributed by atoms with van der Waals surface area (Å²) in [6, 6.07) is 16.4. The minimum atomic E-state index is -0.407. The van der Waals surface area contributed by atoms with Gasteiger partial charge in [0.15, 0.2) is 5.13 Å². The zero-order chi connectivity index (χ0) is 19.8. The number of hydrogen-bond donors (Lipinski definition) is 3. The molecule has 0 saturated carbocycles. The molecule has 144 valence electrons. The van der Waals surface area contributed by atoms with Crippen LogP contribution in [0.2, 0.25) is 5.02 Å². The Morgan fingerprint density at radius 1 is 1.00 bits per heavy atom. The summed E-state index contributed by atoms with van der Waals surface area (Å²) >= 11 is 7.09. The molecule has 0 atom stereocenters. The van der Waals surface area contributed by atoms with E-state index in [1.165, 1.54) is 16.9 Å². The van der Waals surface area contributed by atoms with Crippen LogP contribution in [-0.2, 0) is 17.6 Å². The van der Waals surface area contributed by atoms with Crippen LogP contribution in [0.15, 0.2) is 60.0 Å². The van der Waals surface area contributed by atoms with Crippen LogP contribution < -0.4 is 16.0 Å². The van der Waals surface area contributed by atoms with Crippen molar-refractivity contribution in [2.75, 3.05) is 17.2 Å². The molecule has 8 heteroatoms. The van der Waals surface area contributed by atoms with Gasteiger partial charge in [0.05, 0.1) is 12.1 Å². The fourth-order valence-corrected chi connectivity index (χ4v) is 3.29. The normalized spacial score (nSPS) is 10.3. The van der Waals surface area contributed by atoms with Crippen LogP contribution in [-0.4, -0.2) is 23.5 Å². The van der Waals surface area contributed by atoms with Gasteiger partial charge < -0.3 is 10.6 Å². The minimum absolute atomic E-state index is 0.0987. The van der Waals surface area contributed by atoms with Gasteiger partial charge in [-0.05, 0) is 36.2 Å². The molecule has 0 aliphatic heterocycles. The average molecular weight is 415 g/mol. The summed E-state index contributed by atoms with van der Waals surface area (Å²) in [4.78, 5) is 28.3. The first-order chi connectivity index (χ1) is 13.6. The SMILES string of the molecule is O=C(Cc1csc(NC(=O)Nc2ccc(Cl)cc2)n1)NCCc1ccccc1. The van der Waals surface area contributed by atoms with Crippen LogP contribution in [0, 0.1) is 0 Å². The maximum atomic E-state index is 12.0. The van der Waals surface area contributed by atoms with Crippen molar-refractivity contribution < 1.29 is 9.59 Å². The third-order valence-electron chi connectivity index (χ3n) is 3.79. The predicted molar refractivity (Wildman–Crippen MR) is 113 cm³/mol. The lowest BCUT2D eigenvalue weighted by Crippen LogP contribution is -2.27. The Morgan fingerprint density at radius 3 is 2.50 bits per heavy atom. The molecule has 3 rings (SSSR count). The molecule has 0 saturated heterocycles. The summed E-state index contributed by atoms with van der Waals surface area (Å²) in [6.45, 7) is 0.571. The molecule has 0 radical (unpaired) electrons. The molecule has 0 aliphatic rings. The third kappa shape index (κ3) is 6.37. The van der Waals surface area contributed by atoms with Crippen LogP contribution in [0.5, 0.6) is 0 Å². The Balaban J connectivity index is 1.42. The van der Waals surface area contributed by atoms with Gasteiger partial charge in [0.25, 0.3) is 0 Å². The second-order valence-corrected chi connectivity index (χ2v) is 7.29. The van der Waals surface area contributed by atoms with E-state index < -0.39 is 6.03 Å². The first kappa shape index (κ1) is 19.9. The molecule has 28 heavy (non-hydrogen) atoms. The van der Waals surface area contributed by atoms with E-state index in [1.54, 1.807) is 29.6 Å². The molecule has 6 nitrogen and oxygen atoms in total. The van der Waals surface area contributed by atoms with E-state index >= 15 is 0 Å². The van der Waals surface area contributed by atoms with Crippen LogP contribution in [0.3, 0.4) is 0 Å². The average Bonchev–Trinajstić information content (AvgIpc) is 3.11. The highest BCUT2D eigenvalue weighted by Crippen LogP contribution is 2.17. The summed E-state index contributed by atoms with van der Waals surface area (Å²) < 4.78 is 0. The fraction of sp³-hybridized carbons (Fsp3) is 0.150. The van der Waals surface area contributed by atoms with Gasteiger partial charge in [0, 0.05) is 22.6 Å². The Labute approximate surface area is 172 Å². The van der Waals surface area contributed by atoms with Gasteiger partial charge >= 0.3 is 6.03 Å². The number of nitrogens with one attached hydrogen (secondary N) is 3. The van der Waals surface area contributed by atoms with Gasteiger partial charge in [-0.1, -0.05) is 41.9 Å². The first-order valence-corrected chi connectivity index (χ1v) is 9.93. The summed E-state index contributed by atoms with van der Waals surface area (Å²) in [5.74, 6) is -0.0987. The number of thiazole rings is 1. The minimum Gasteiger partial charge on any atom is -0.355 e. The molecule has 3 N–H and O–H groups in total. The van der Waals surface area contributed by atoms with E-state index in [0.29, 0.717) is 28.1 Å². The van der Waals surface area contributed by atoms with Crippen molar-refractivity contribution in [2.24, 2.45) is 0 Å². The van der Waals surface area contributed by atoms with Gasteiger partial charge in [-0.2, -0.15) is 0 Å². The Bertz CT molecular complexity index is 929. The summed E-state index contributed by atoms with van der Waals surface area (Å²) in [6.07, 6.45) is 0.951. The molecule has 0 spiro atoms. The molecule has 3 aromatic rings. The van der Waals surface area contributed by atoms with Crippen molar-refractivity contribution >= 4 is 45.7 Å². The van der Waals surface area contributed by atoms with Gasteiger partial charge in [-0.3, -0.25) is 10.1 Å². The zero-order valence-electron chi connectivity index (χ0n) is 14.9. The Kier molecular flexibility index (Phi) is 7.00. The zero-order valence-corrected chi connectivity index (χ0v) is 16.5. The van der Waals surface area contributed by atoms with Crippen molar-refractivity contribution in [1.82, 2.24) is 10.3 Å². The number of nitrogens with zero attached hydrogens (tertiary/aromatic N) is 1. The number of carbonyl (C=O) groups excluding carboxylic acids is 2. The lowest BCUT2D eigenvalue weighted by atomic mass is 10.1. The van der Waals surface area contributed by atoms with E-state index in [4.69, 9.17) is 11.6 Å². The predicted octanol–water partition coefficient (Wildman–Crippen LogP) is 4.34. The van der Waals surface area contributed by atoms with Crippen LogP contribution in [0.25, 0.3) is 0 Å². The number of urea groups is 1. The number of halogens is 1. The molecular weight excluding hydrogens is 396 g/mol. The molecule has 0 bridgehead atoms. The molecule has 2 aromatic carbocycles. The van der Waals surface area contributed by atoms with E-state index in [2.05, 4.69) is 20.9 Å². The van der Waals surface area contributed by atoms with Crippen LogP contribution >= 0.6 is 22.9 Å². The third-order valence-corrected chi connectivity index (χ3v) is 4.85. The molecule has 0 unspecified atom stereocenters. The Morgan fingerprint density at radius 2 is 1.75 bits per heavy atom. The lowest BCUT2D eigenvalue weighted by Gasteiger charge is -2.05. The maximum absolute atomic E-state index is 12.0. The lowest BCUT2D eigenvalue weighted by molar-refractivity contribution is -0.120. The van der Waals surface area contributed by atoms with E-state index in [0.717, 1.165) is 6.42 Å². The molecule has 3 amide bonds.